The molecule has 0 bridgehead atoms. The summed E-state index contributed by atoms with van der Waals surface area (Å²) >= 11 is 0. The summed E-state index contributed by atoms with van der Waals surface area (Å²) in [4.78, 5) is 2.69. The number of anilines is 1. The number of aryl methyl sites for hydroxylation is 1. The highest BCUT2D eigenvalue weighted by Gasteiger charge is 2.28. The van der Waals surface area contributed by atoms with Gasteiger partial charge in [-0.25, -0.2) is 4.39 Å². The van der Waals surface area contributed by atoms with Gasteiger partial charge >= 0.3 is 0 Å². The predicted octanol–water partition coefficient (Wildman–Crippen LogP) is 4.23. The largest absolute Gasteiger partial charge is 0.396 e. The first-order valence-electron chi connectivity index (χ1n) is 8.44. The second-order valence-corrected chi connectivity index (χ2v) is 6.83. The van der Waals surface area contributed by atoms with Crippen molar-refractivity contribution in [1.82, 2.24) is 4.90 Å². The van der Waals surface area contributed by atoms with E-state index in [1.165, 1.54) is 63.6 Å². The fraction of sp³-hybridized carbons (Fsp3) is 0.667. The first-order valence-corrected chi connectivity index (χ1v) is 8.44. The molecule has 1 aliphatic heterocycles. The van der Waals surface area contributed by atoms with Crippen LogP contribution < -0.4 is 5.73 Å². The molecule has 0 amide bonds. The van der Waals surface area contributed by atoms with Gasteiger partial charge in [0.25, 0.3) is 0 Å². The standard InChI is InChI=1S/C18H27FN2/c1-13-11-18(20)17(19)12-16(13)14-5-7-15(8-6-14)21-9-3-2-4-10-21/h11-12,14-15H,2-10,20H2,1H3. The van der Waals surface area contributed by atoms with Crippen LogP contribution in [0.5, 0.6) is 0 Å². The highest BCUT2D eigenvalue weighted by atomic mass is 19.1. The summed E-state index contributed by atoms with van der Waals surface area (Å²) in [5.41, 5.74) is 8.26. The van der Waals surface area contributed by atoms with E-state index < -0.39 is 0 Å². The zero-order valence-corrected chi connectivity index (χ0v) is 13.1. The predicted molar refractivity (Wildman–Crippen MR) is 86.0 cm³/mol. The Morgan fingerprint density at radius 2 is 1.71 bits per heavy atom. The van der Waals surface area contributed by atoms with Crippen LogP contribution in [0.3, 0.4) is 0 Å². The second kappa shape index (κ2) is 6.35. The third-order valence-electron chi connectivity index (χ3n) is 5.43. The van der Waals surface area contributed by atoms with Crippen molar-refractivity contribution in [2.75, 3.05) is 18.8 Å². The van der Waals surface area contributed by atoms with Gasteiger partial charge in [-0.05, 0) is 87.7 Å². The molecule has 3 heteroatoms. The summed E-state index contributed by atoms with van der Waals surface area (Å²) in [7, 11) is 0. The Kier molecular flexibility index (Phi) is 4.48. The van der Waals surface area contributed by atoms with E-state index in [1.807, 2.05) is 0 Å². The van der Waals surface area contributed by atoms with Gasteiger partial charge in [0, 0.05) is 6.04 Å². The summed E-state index contributed by atoms with van der Waals surface area (Å²) in [5.74, 6) is 0.259. The average molecular weight is 290 g/mol. The minimum atomic E-state index is -0.256. The Morgan fingerprint density at radius 3 is 2.38 bits per heavy atom. The summed E-state index contributed by atoms with van der Waals surface area (Å²) in [5, 5.41) is 0. The fourth-order valence-corrected chi connectivity index (χ4v) is 4.19. The van der Waals surface area contributed by atoms with E-state index in [2.05, 4.69) is 11.8 Å². The van der Waals surface area contributed by atoms with Crippen molar-refractivity contribution in [3.63, 3.8) is 0 Å². The first kappa shape index (κ1) is 14.8. The third kappa shape index (κ3) is 3.23. The van der Waals surface area contributed by atoms with E-state index in [9.17, 15) is 4.39 Å². The van der Waals surface area contributed by atoms with Crippen LogP contribution in [-0.4, -0.2) is 24.0 Å². The summed E-state index contributed by atoms with van der Waals surface area (Å²) in [6, 6.07) is 4.23. The zero-order chi connectivity index (χ0) is 14.8. The van der Waals surface area contributed by atoms with Crippen LogP contribution in [0.15, 0.2) is 12.1 Å². The molecule has 1 aliphatic carbocycles. The fourth-order valence-electron chi connectivity index (χ4n) is 4.19. The maximum atomic E-state index is 13.7. The Hall–Kier alpha value is -1.09. The molecule has 3 rings (SSSR count). The van der Waals surface area contributed by atoms with Gasteiger partial charge in [0.1, 0.15) is 5.82 Å². The number of piperidine rings is 1. The van der Waals surface area contributed by atoms with Gasteiger partial charge in [-0.15, -0.1) is 0 Å². The maximum Gasteiger partial charge on any atom is 0.146 e. The maximum absolute atomic E-state index is 13.7. The highest BCUT2D eigenvalue weighted by Crippen LogP contribution is 2.37. The number of hydrogen-bond acceptors (Lipinski definition) is 2. The smallest absolute Gasteiger partial charge is 0.146 e. The van der Waals surface area contributed by atoms with Crippen molar-refractivity contribution in [2.24, 2.45) is 0 Å². The van der Waals surface area contributed by atoms with Crippen LogP contribution in [0, 0.1) is 12.7 Å². The summed E-state index contributed by atoms with van der Waals surface area (Å²) in [6.45, 7) is 4.62. The molecular formula is C18H27FN2. The molecule has 2 aliphatic rings. The second-order valence-electron chi connectivity index (χ2n) is 6.83. The Morgan fingerprint density at radius 1 is 1.05 bits per heavy atom. The molecule has 1 saturated carbocycles. The van der Waals surface area contributed by atoms with Gasteiger partial charge in [-0.2, -0.15) is 0 Å². The molecule has 1 heterocycles. The van der Waals surface area contributed by atoms with Gasteiger partial charge in [0.2, 0.25) is 0 Å². The number of halogens is 1. The molecule has 1 aromatic rings. The van der Waals surface area contributed by atoms with Crippen LogP contribution in [0.1, 0.15) is 62.0 Å². The molecule has 1 saturated heterocycles. The van der Waals surface area contributed by atoms with Crippen LogP contribution >= 0.6 is 0 Å². The van der Waals surface area contributed by atoms with E-state index in [4.69, 9.17) is 5.73 Å². The van der Waals surface area contributed by atoms with Gasteiger partial charge < -0.3 is 10.6 Å². The quantitative estimate of drug-likeness (QED) is 0.826. The monoisotopic (exact) mass is 290 g/mol. The SMILES string of the molecule is Cc1cc(N)c(F)cc1C1CCC(N2CCCCC2)CC1. The van der Waals surface area contributed by atoms with E-state index in [1.54, 1.807) is 12.1 Å². The van der Waals surface area contributed by atoms with Crippen LogP contribution in [0.25, 0.3) is 0 Å². The molecule has 0 atom stereocenters. The van der Waals surface area contributed by atoms with Gasteiger partial charge in [-0.1, -0.05) is 6.42 Å². The van der Waals surface area contributed by atoms with E-state index in [-0.39, 0.29) is 11.5 Å². The minimum absolute atomic E-state index is 0.256. The normalized spacial score (nSPS) is 27.7. The van der Waals surface area contributed by atoms with Crippen LogP contribution in [0.2, 0.25) is 0 Å². The van der Waals surface area contributed by atoms with Gasteiger partial charge in [-0.3, -0.25) is 0 Å². The molecule has 0 unspecified atom stereocenters. The van der Waals surface area contributed by atoms with Crippen LogP contribution in [0.4, 0.5) is 10.1 Å². The lowest BCUT2D eigenvalue weighted by atomic mass is 9.79. The number of rotatable bonds is 2. The van der Waals surface area contributed by atoms with Crippen molar-refractivity contribution in [3.8, 4) is 0 Å². The first-order chi connectivity index (χ1) is 10.1. The third-order valence-corrected chi connectivity index (χ3v) is 5.43. The van der Waals surface area contributed by atoms with Gasteiger partial charge in [0.05, 0.1) is 5.69 Å². The number of nitrogen functional groups attached to an aromatic ring is 1. The molecule has 0 spiro atoms. The molecule has 21 heavy (non-hydrogen) atoms. The lowest BCUT2D eigenvalue weighted by molar-refractivity contribution is 0.125. The Bertz CT molecular complexity index is 486. The number of nitrogens with zero attached hydrogens (tertiary/aromatic N) is 1. The van der Waals surface area contributed by atoms with Crippen molar-refractivity contribution in [3.05, 3.63) is 29.1 Å². The molecule has 2 nitrogen and oxygen atoms in total. The number of benzene rings is 1. The van der Waals surface area contributed by atoms with Crippen molar-refractivity contribution < 1.29 is 4.39 Å². The molecule has 0 radical (unpaired) electrons. The van der Waals surface area contributed by atoms with Gasteiger partial charge in [0.15, 0.2) is 0 Å². The highest BCUT2D eigenvalue weighted by molar-refractivity contribution is 5.47. The molecule has 0 aromatic heterocycles. The summed E-state index contributed by atoms with van der Waals surface area (Å²) in [6.07, 6.45) is 9.02. The Balaban J connectivity index is 1.64. The number of nitrogens with two attached hydrogens (primary N) is 1. The van der Waals surface area contributed by atoms with Crippen molar-refractivity contribution in [2.45, 2.75) is 63.8 Å². The topological polar surface area (TPSA) is 29.3 Å². The van der Waals surface area contributed by atoms with E-state index >= 15 is 0 Å². The molecular weight excluding hydrogens is 263 g/mol. The number of likely N-dealkylation sites (tertiary alicyclic amines) is 1. The Labute approximate surface area is 127 Å². The average Bonchev–Trinajstić information content (AvgIpc) is 2.52. The van der Waals surface area contributed by atoms with Crippen LogP contribution in [-0.2, 0) is 0 Å². The molecule has 116 valence electrons. The van der Waals surface area contributed by atoms with E-state index in [0.717, 1.165) is 11.6 Å². The molecule has 2 fully saturated rings. The summed E-state index contributed by atoms with van der Waals surface area (Å²) < 4.78 is 13.7. The lowest BCUT2D eigenvalue weighted by Gasteiger charge is -2.39. The van der Waals surface area contributed by atoms with E-state index in [0.29, 0.717) is 5.92 Å². The minimum Gasteiger partial charge on any atom is -0.396 e. The molecule has 2 N–H and O–H groups in total. The van der Waals surface area contributed by atoms with Crippen molar-refractivity contribution >= 4 is 5.69 Å². The zero-order valence-electron chi connectivity index (χ0n) is 13.1. The molecule has 1 aromatic carbocycles. The van der Waals surface area contributed by atoms with Crippen molar-refractivity contribution in [1.29, 1.82) is 0 Å². The number of hydrogen-bond donors (Lipinski definition) is 1. The lowest BCUT2D eigenvalue weighted by Crippen LogP contribution is -2.41.